The number of hydrogen-bond donors (Lipinski definition) is 3. The van der Waals surface area contributed by atoms with Crippen molar-refractivity contribution in [3.8, 4) is 28.5 Å². The molecule has 0 bridgehead atoms. The summed E-state index contributed by atoms with van der Waals surface area (Å²) in [5.74, 6) is 1.13. The molecule has 34 heavy (non-hydrogen) atoms. The lowest BCUT2D eigenvalue weighted by Gasteiger charge is -2.18. The number of aromatic nitrogens is 2. The Bertz CT molecular complexity index is 1360. The predicted molar refractivity (Wildman–Crippen MR) is 132 cm³/mol. The van der Waals surface area contributed by atoms with Crippen LogP contribution in [0.25, 0.3) is 16.9 Å². The summed E-state index contributed by atoms with van der Waals surface area (Å²) in [6.07, 6.45) is 2.49. The van der Waals surface area contributed by atoms with Crippen LogP contribution in [0.4, 0.5) is 11.5 Å². The molecule has 8 heteroatoms. The van der Waals surface area contributed by atoms with Crippen molar-refractivity contribution < 1.29 is 19.4 Å². The van der Waals surface area contributed by atoms with Gasteiger partial charge in [-0.25, -0.2) is 4.98 Å². The van der Waals surface area contributed by atoms with Gasteiger partial charge in [-0.15, -0.1) is 0 Å². The number of fused-ring (bicyclic) bond motifs is 1. The molecule has 0 saturated heterocycles. The van der Waals surface area contributed by atoms with E-state index in [4.69, 9.17) is 20.2 Å². The maximum atomic E-state index is 11.5. The van der Waals surface area contributed by atoms with Crippen molar-refractivity contribution >= 4 is 23.1 Å². The second-order valence-corrected chi connectivity index (χ2v) is 8.06. The molecule has 2 aromatic heterocycles. The van der Waals surface area contributed by atoms with E-state index in [9.17, 15) is 9.90 Å². The van der Waals surface area contributed by atoms with Crippen LogP contribution in [0.1, 0.15) is 23.6 Å². The van der Waals surface area contributed by atoms with Gasteiger partial charge in [-0.1, -0.05) is 25.1 Å². The van der Waals surface area contributed by atoms with Gasteiger partial charge in [0, 0.05) is 23.5 Å². The highest BCUT2D eigenvalue weighted by Crippen LogP contribution is 2.43. The summed E-state index contributed by atoms with van der Waals surface area (Å²) in [6, 6.07) is 13.0. The molecule has 0 fully saturated rings. The number of aromatic hydroxyl groups is 1. The second kappa shape index (κ2) is 9.35. The molecule has 0 saturated carbocycles. The Morgan fingerprint density at radius 1 is 1.18 bits per heavy atom. The SMILES string of the molecule is CCc1cc(OC)cc(OCC(N)=O)c1-c1nc2c(O)cccn2c1Nc1c(C)cccc1C. The van der Waals surface area contributed by atoms with E-state index in [0.717, 1.165) is 22.4 Å². The van der Waals surface area contributed by atoms with Crippen molar-refractivity contribution in [1.82, 2.24) is 9.38 Å². The van der Waals surface area contributed by atoms with Gasteiger partial charge < -0.3 is 25.6 Å². The third-order valence-corrected chi connectivity index (χ3v) is 5.73. The molecule has 0 aliphatic heterocycles. The van der Waals surface area contributed by atoms with Crippen molar-refractivity contribution in [2.75, 3.05) is 19.0 Å². The number of hydrogen-bond acceptors (Lipinski definition) is 6. The van der Waals surface area contributed by atoms with Gasteiger partial charge in [0.05, 0.1) is 7.11 Å². The van der Waals surface area contributed by atoms with Crippen LogP contribution < -0.4 is 20.5 Å². The first-order valence-corrected chi connectivity index (χ1v) is 11.0. The van der Waals surface area contributed by atoms with Crippen LogP contribution in [0.3, 0.4) is 0 Å². The molecule has 0 aliphatic carbocycles. The number of nitrogens with one attached hydrogen (secondary N) is 1. The molecule has 1 amide bonds. The Kier molecular flexibility index (Phi) is 6.32. The lowest BCUT2D eigenvalue weighted by atomic mass is 10.00. The van der Waals surface area contributed by atoms with E-state index in [0.29, 0.717) is 40.6 Å². The number of methoxy groups -OCH3 is 1. The maximum absolute atomic E-state index is 11.5. The highest BCUT2D eigenvalue weighted by atomic mass is 16.5. The van der Waals surface area contributed by atoms with E-state index in [1.165, 1.54) is 0 Å². The third-order valence-electron chi connectivity index (χ3n) is 5.73. The van der Waals surface area contributed by atoms with E-state index in [1.807, 2.05) is 51.2 Å². The molecule has 176 valence electrons. The lowest BCUT2D eigenvalue weighted by Crippen LogP contribution is -2.20. The van der Waals surface area contributed by atoms with Crippen LogP contribution in [0, 0.1) is 13.8 Å². The van der Waals surface area contributed by atoms with Crippen molar-refractivity contribution in [3.63, 3.8) is 0 Å². The molecule has 0 aliphatic rings. The van der Waals surface area contributed by atoms with Gasteiger partial charge in [-0.05, 0) is 55.2 Å². The fourth-order valence-corrected chi connectivity index (χ4v) is 4.05. The van der Waals surface area contributed by atoms with Crippen molar-refractivity contribution in [1.29, 1.82) is 0 Å². The summed E-state index contributed by atoms with van der Waals surface area (Å²) >= 11 is 0. The Balaban J connectivity index is 2.02. The monoisotopic (exact) mass is 460 g/mol. The van der Waals surface area contributed by atoms with E-state index >= 15 is 0 Å². The first kappa shape index (κ1) is 23.0. The molecular formula is C26H28N4O4. The highest BCUT2D eigenvalue weighted by Gasteiger charge is 2.24. The zero-order chi connectivity index (χ0) is 24.4. The van der Waals surface area contributed by atoms with Crippen LogP contribution in [-0.2, 0) is 11.2 Å². The summed E-state index contributed by atoms with van der Waals surface area (Å²) in [5, 5.41) is 14.1. The molecular weight excluding hydrogens is 432 g/mol. The van der Waals surface area contributed by atoms with Crippen LogP contribution in [0.2, 0.25) is 0 Å². The van der Waals surface area contributed by atoms with Gasteiger partial charge in [0.2, 0.25) is 0 Å². The zero-order valence-corrected chi connectivity index (χ0v) is 19.7. The second-order valence-electron chi connectivity index (χ2n) is 8.06. The molecule has 0 unspecified atom stereocenters. The molecule has 4 rings (SSSR count). The molecule has 2 heterocycles. The number of para-hydroxylation sites is 1. The van der Waals surface area contributed by atoms with Crippen molar-refractivity contribution in [2.45, 2.75) is 27.2 Å². The Morgan fingerprint density at radius 3 is 2.56 bits per heavy atom. The first-order valence-electron chi connectivity index (χ1n) is 11.0. The largest absolute Gasteiger partial charge is 0.504 e. The van der Waals surface area contributed by atoms with Gasteiger partial charge in [0.15, 0.2) is 18.0 Å². The average molecular weight is 461 g/mol. The van der Waals surface area contributed by atoms with E-state index in [-0.39, 0.29) is 12.4 Å². The van der Waals surface area contributed by atoms with Crippen LogP contribution in [-0.4, -0.2) is 34.1 Å². The molecule has 0 atom stereocenters. The minimum Gasteiger partial charge on any atom is -0.504 e. The Hall–Kier alpha value is -4.20. The minimum absolute atomic E-state index is 0.0458. The number of carbonyl (C=O) groups is 1. The first-order chi connectivity index (χ1) is 16.3. The molecule has 4 aromatic rings. The summed E-state index contributed by atoms with van der Waals surface area (Å²) < 4.78 is 13.1. The fraction of sp³-hybridized carbons (Fsp3) is 0.231. The number of imidazole rings is 1. The quantitative estimate of drug-likeness (QED) is 0.357. The van der Waals surface area contributed by atoms with E-state index in [1.54, 1.807) is 29.7 Å². The average Bonchev–Trinajstić information content (AvgIpc) is 3.18. The number of nitrogens with two attached hydrogens (primary N) is 1. The number of pyridine rings is 1. The smallest absolute Gasteiger partial charge is 0.255 e. The standard InChI is InChI=1S/C26H28N4O4/c1-5-17-12-18(33-4)13-20(34-14-21(27)32)22(17)24-26(28-23-15(2)8-6-9-16(23)3)30-11-7-10-19(31)25(30)29-24/h6-13,28,31H,5,14H2,1-4H3,(H2,27,32). The summed E-state index contributed by atoms with van der Waals surface area (Å²) in [6.45, 7) is 5.79. The number of amides is 1. The van der Waals surface area contributed by atoms with Gasteiger partial charge >= 0.3 is 0 Å². The van der Waals surface area contributed by atoms with Crippen LogP contribution in [0.5, 0.6) is 17.2 Å². The molecule has 0 spiro atoms. The summed E-state index contributed by atoms with van der Waals surface area (Å²) in [5.41, 5.74) is 11.0. The Labute approximate surface area is 198 Å². The fourth-order valence-electron chi connectivity index (χ4n) is 4.05. The van der Waals surface area contributed by atoms with Crippen molar-refractivity contribution in [2.24, 2.45) is 5.73 Å². The van der Waals surface area contributed by atoms with Crippen LogP contribution >= 0.6 is 0 Å². The van der Waals surface area contributed by atoms with E-state index in [2.05, 4.69) is 5.32 Å². The number of carbonyl (C=O) groups excluding carboxylic acids is 1. The topological polar surface area (TPSA) is 111 Å². The molecule has 0 radical (unpaired) electrons. The third kappa shape index (κ3) is 4.22. The summed E-state index contributed by atoms with van der Waals surface area (Å²) in [7, 11) is 1.57. The van der Waals surface area contributed by atoms with Gasteiger partial charge in [-0.2, -0.15) is 0 Å². The number of ether oxygens (including phenoxy) is 2. The number of rotatable bonds is 8. The predicted octanol–water partition coefficient (Wildman–Crippen LogP) is 4.50. The van der Waals surface area contributed by atoms with Gasteiger partial charge in [0.1, 0.15) is 23.0 Å². The van der Waals surface area contributed by atoms with Crippen LogP contribution in [0.15, 0.2) is 48.7 Å². The minimum atomic E-state index is -0.589. The lowest BCUT2D eigenvalue weighted by molar-refractivity contribution is -0.119. The number of primary amides is 1. The van der Waals surface area contributed by atoms with Gasteiger partial charge in [-0.3, -0.25) is 9.20 Å². The Morgan fingerprint density at radius 2 is 1.91 bits per heavy atom. The number of nitrogens with zero attached hydrogens (tertiary/aromatic N) is 2. The highest BCUT2D eigenvalue weighted by molar-refractivity contribution is 5.87. The molecule has 4 N–H and O–H groups in total. The normalized spacial score (nSPS) is 10.9. The van der Waals surface area contributed by atoms with Crippen molar-refractivity contribution in [3.05, 3.63) is 65.4 Å². The van der Waals surface area contributed by atoms with Gasteiger partial charge in [0.25, 0.3) is 5.91 Å². The molecule has 8 nitrogen and oxygen atoms in total. The zero-order valence-electron chi connectivity index (χ0n) is 19.7. The summed E-state index contributed by atoms with van der Waals surface area (Å²) in [4.78, 5) is 16.3. The number of aryl methyl sites for hydroxylation is 3. The number of benzene rings is 2. The molecule has 2 aromatic carbocycles. The number of anilines is 2. The maximum Gasteiger partial charge on any atom is 0.255 e. The van der Waals surface area contributed by atoms with E-state index < -0.39 is 5.91 Å².